The van der Waals surface area contributed by atoms with Gasteiger partial charge < -0.3 is 5.11 Å². The number of aryl methyl sites for hydroxylation is 2. The molecule has 0 fully saturated rings. The van der Waals surface area contributed by atoms with E-state index in [1.54, 1.807) is 29.8 Å². The lowest BCUT2D eigenvalue weighted by Crippen LogP contribution is -2.00. The van der Waals surface area contributed by atoms with Gasteiger partial charge in [-0.15, -0.1) is 0 Å². The van der Waals surface area contributed by atoms with Crippen molar-refractivity contribution in [2.45, 2.75) is 20.8 Å². The van der Waals surface area contributed by atoms with Crippen LogP contribution in [0.4, 0.5) is 0 Å². The van der Waals surface area contributed by atoms with Gasteiger partial charge in [0.1, 0.15) is 0 Å². The van der Waals surface area contributed by atoms with E-state index in [2.05, 4.69) is 11.7 Å². The van der Waals surface area contributed by atoms with Crippen molar-refractivity contribution in [3.8, 4) is 0 Å². The molecule has 15 heavy (non-hydrogen) atoms. The van der Waals surface area contributed by atoms with Gasteiger partial charge in [-0.05, 0) is 32.9 Å². The van der Waals surface area contributed by atoms with Gasteiger partial charge in [0.15, 0.2) is 0 Å². The van der Waals surface area contributed by atoms with Crippen LogP contribution in [0.1, 0.15) is 18.3 Å². The van der Waals surface area contributed by atoms with Crippen LogP contribution in [-0.2, 0) is 0 Å². The van der Waals surface area contributed by atoms with Gasteiger partial charge in [0.25, 0.3) is 0 Å². The van der Waals surface area contributed by atoms with Crippen LogP contribution in [0.3, 0.4) is 0 Å². The molecular formula is C12H16N2O. The summed E-state index contributed by atoms with van der Waals surface area (Å²) in [5.74, 6) is 0.246. The number of rotatable bonds is 3. The predicted octanol–water partition coefficient (Wildman–Crippen LogP) is 2.99. The first-order valence-corrected chi connectivity index (χ1v) is 4.78. The number of allylic oxidation sites excluding steroid dienone is 5. The number of hydrogen-bond donors (Lipinski definition) is 1. The second-order valence-electron chi connectivity index (χ2n) is 3.45. The monoisotopic (exact) mass is 204 g/mol. The summed E-state index contributed by atoms with van der Waals surface area (Å²) in [4.78, 5) is 0. The van der Waals surface area contributed by atoms with Crippen molar-refractivity contribution in [2.75, 3.05) is 0 Å². The average Bonchev–Trinajstić information content (AvgIpc) is 2.44. The SMILES string of the molecule is C=C/C=C(\C=C(/C)O)n1nc(C)cc1C. The molecule has 0 bridgehead atoms. The maximum atomic E-state index is 9.25. The first kappa shape index (κ1) is 11.3. The summed E-state index contributed by atoms with van der Waals surface area (Å²) in [5, 5.41) is 13.6. The zero-order valence-corrected chi connectivity index (χ0v) is 9.36. The molecule has 0 radical (unpaired) electrons. The summed E-state index contributed by atoms with van der Waals surface area (Å²) in [5.41, 5.74) is 2.78. The van der Waals surface area contributed by atoms with Crippen LogP contribution < -0.4 is 0 Å². The Morgan fingerprint density at radius 1 is 1.53 bits per heavy atom. The van der Waals surface area contributed by atoms with Crippen molar-refractivity contribution in [3.05, 3.63) is 48.0 Å². The van der Waals surface area contributed by atoms with Crippen LogP contribution in [0.2, 0.25) is 0 Å². The van der Waals surface area contributed by atoms with Crippen molar-refractivity contribution in [1.82, 2.24) is 9.78 Å². The zero-order chi connectivity index (χ0) is 11.4. The van der Waals surface area contributed by atoms with Gasteiger partial charge >= 0.3 is 0 Å². The lowest BCUT2D eigenvalue weighted by atomic mass is 10.3. The van der Waals surface area contributed by atoms with Crippen LogP contribution in [0.25, 0.3) is 5.70 Å². The highest BCUT2D eigenvalue weighted by molar-refractivity contribution is 5.59. The Hall–Kier alpha value is -1.77. The number of aliphatic hydroxyl groups excluding tert-OH is 1. The molecule has 0 aliphatic heterocycles. The second-order valence-corrected chi connectivity index (χ2v) is 3.45. The molecule has 0 aliphatic carbocycles. The van der Waals surface area contributed by atoms with Crippen molar-refractivity contribution in [3.63, 3.8) is 0 Å². The predicted molar refractivity (Wildman–Crippen MR) is 62.6 cm³/mol. The molecule has 0 atom stereocenters. The van der Waals surface area contributed by atoms with E-state index in [1.807, 2.05) is 19.9 Å². The highest BCUT2D eigenvalue weighted by Gasteiger charge is 2.03. The summed E-state index contributed by atoms with van der Waals surface area (Å²) in [6.07, 6.45) is 5.13. The van der Waals surface area contributed by atoms with E-state index in [0.29, 0.717) is 0 Å². The normalized spacial score (nSPS) is 13.0. The Balaban J connectivity index is 3.22. The molecule has 0 unspecified atom stereocenters. The van der Waals surface area contributed by atoms with E-state index in [0.717, 1.165) is 17.1 Å². The highest BCUT2D eigenvalue weighted by atomic mass is 16.3. The van der Waals surface area contributed by atoms with Gasteiger partial charge in [-0.25, -0.2) is 4.68 Å². The van der Waals surface area contributed by atoms with Crippen molar-refractivity contribution < 1.29 is 5.11 Å². The molecule has 80 valence electrons. The van der Waals surface area contributed by atoms with E-state index in [4.69, 9.17) is 0 Å². The number of nitrogens with zero attached hydrogens (tertiary/aromatic N) is 2. The van der Waals surface area contributed by atoms with Gasteiger partial charge in [0.2, 0.25) is 0 Å². The summed E-state index contributed by atoms with van der Waals surface area (Å²) < 4.78 is 1.77. The van der Waals surface area contributed by atoms with E-state index in [-0.39, 0.29) is 5.76 Å². The number of aliphatic hydroxyl groups is 1. The minimum absolute atomic E-state index is 0.246. The Morgan fingerprint density at radius 3 is 2.60 bits per heavy atom. The lowest BCUT2D eigenvalue weighted by Gasteiger charge is -2.04. The van der Waals surface area contributed by atoms with E-state index >= 15 is 0 Å². The quantitative estimate of drug-likeness (QED) is 0.607. The molecule has 1 aromatic heterocycles. The van der Waals surface area contributed by atoms with Crippen LogP contribution in [-0.4, -0.2) is 14.9 Å². The summed E-state index contributed by atoms with van der Waals surface area (Å²) in [7, 11) is 0. The van der Waals surface area contributed by atoms with Gasteiger partial charge in [-0.1, -0.05) is 12.7 Å². The fourth-order valence-corrected chi connectivity index (χ4v) is 1.40. The van der Waals surface area contributed by atoms with Crippen LogP contribution in [0.5, 0.6) is 0 Å². The molecule has 0 amide bonds. The maximum absolute atomic E-state index is 9.25. The van der Waals surface area contributed by atoms with Gasteiger partial charge in [0.05, 0.1) is 17.2 Å². The third-order valence-corrected chi connectivity index (χ3v) is 1.90. The topological polar surface area (TPSA) is 38.0 Å². The third-order valence-electron chi connectivity index (χ3n) is 1.90. The molecule has 3 nitrogen and oxygen atoms in total. The standard InChI is InChI=1S/C12H16N2O/c1-5-6-12(8-11(4)15)14-10(3)7-9(2)13-14/h5-8,15H,1H2,2-4H3/b11-8+,12-6+. The fraction of sp³-hybridized carbons (Fsp3) is 0.250. The first-order chi connectivity index (χ1) is 7.04. The molecule has 1 heterocycles. The van der Waals surface area contributed by atoms with Gasteiger partial charge in [-0.3, -0.25) is 0 Å². The second kappa shape index (κ2) is 4.64. The zero-order valence-electron chi connectivity index (χ0n) is 9.36. The molecule has 0 aliphatic rings. The molecule has 1 N–H and O–H groups in total. The molecular weight excluding hydrogens is 188 g/mol. The third kappa shape index (κ3) is 2.84. The Bertz CT molecular complexity index is 421. The average molecular weight is 204 g/mol. The fourth-order valence-electron chi connectivity index (χ4n) is 1.40. The molecule has 0 saturated carbocycles. The van der Waals surface area contributed by atoms with Crippen LogP contribution in [0.15, 0.2) is 36.6 Å². The highest BCUT2D eigenvalue weighted by Crippen LogP contribution is 2.12. The minimum Gasteiger partial charge on any atom is -0.513 e. The first-order valence-electron chi connectivity index (χ1n) is 4.78. The Kier molecular flexibility index (Phi) is 3.50. The van der Waals surface area contributed by atoms with E-state index in [9.17, 15) is 5.11 Å². The minimum atomic E-state index is 0.246. The summed E-state index contributed by atoms with van der Waals surface area (Å²) in [6, 6.07) is 1.98. The maximum Gasteiger partial charge on any atom is 0.0913 e. The Morgan fingerprint density at radius 2 is 2.20 bits per heavy atom. The molecule has 1 aromatic rings. The van der Waals surface area contributed by atoms with E-state index in [1.165, 1.54) is 0 Å². The molecule has 1 rings (SSSR count). The number of aromatic nitrogens is 2. The van der Waals surface area contributed by atoms with Crippen molar-refractivity contribution >= 4 is 5.70 Å². The Labute approximate surface area is 90.0 Å². The lowest BCUT2D eigenvalue weighted by molar-refractivity contribution is 0.414. The molecule has 3 heteroatoms. The molecule has 0 spiro atoms. The largest absolute Gasteiger partial charge is 0.513 e. The smallest absolute Gasteiger partial charge is 0.0913 e. The van der Waals surface area contributed by atoms with E-state index < -0.39 is 0 Å². The summed E-state index contributed by atoms with van der Waals surface area (Å²) in [6.45, 7) is 9.17. The van der Waals surface area contributed by atoms with Crippen molar-refractivity contribution in [1.29, 1.82) is 0 Å². The number of hydrogen-bond acceptors (Lipinski definition) is 2. The van der Waals surface area contributed by atoms with Crippen LogP contribution >= 0.6 is 0 Å². The molecule has 0 saturated heterocycles. The van der Waals surface area contributed by atoms with Crippen LogP contribution in [0, 0.1) is 13.8 Å². The summed E-state index contributed by atoms with van der Waals surface area (Å²) >= 11 is 0. The van der Waals surface area contributed by atoms with Crippen molar-refractivity contribution in [2.24, 2.45) is 0 Å². The van der Waals surface area contributed by atoms with Gasteiger partial charge in [0, 0.05) is 11.8 Å². The van der Waals surface area contributed by atoms with Gasteiger partial charge in [-0.2, -0.15) is 5.10 Å². The molecule has 0 aromatic carbocycles.